The van der Waals surface area contributed by atoms with Crippen LogP contribution in [0.1, 0.15) is 12.8 Å². The van der Waals surface area contributed by atoms with Gasteiger partial charge in [0.15, 0.2) is 0 Å². The van der Waals surface area contributed by atoms with E-state index in [0.29, 0.717) is 17.9 Å². The van der Waals surface area contributed by atoms with E-state index in [4.69, 9.17) is 11.6 Å². The van der Waals surface area contributed by atoms with Crippen LogP contribution in [-0.2, 0) is 9.59 Å². The number of aromatic nitrogens is 3. The summed E-state index contributed by atoms with van der Waals surface area (Å²) in [4.78, 5) is 24.2. The molecule has 2 atom stereocenters. The van der Waals surface area contributed by atoms with Crippen LogP contribution in [-0.4, -0.2) is 26.7 Å². The van der Waals surface area contributed by atoms with Crippen LogP contribution in [0, 0.1) is 11.8 Å². The highest BCUT2D eigenvalue weighted by molar-refractivity contribution is 6.30. The molecule has 0 unspecified atom stereocenters. The summed E-state index contributed by atoms with van der Waals surface area (Å²) in [5.41, 5.74) is 0. The number of fused-ring (bicyclic) bond motifs is 1. The van der Waals surface area contributed by atoms with Crippen molar-refractivity contribution in [3.05, 3.63) is 23.8 Å². The molecule has 2 aliphatic rings. The summed E-state index contributed by atoms with van der Waals surface area (Å²) in [5, 5.41) is 8.94. The van der Waals surface area contributed by atoms with Crippen molar-refractivity contribution in [2.75, 3.05) is 5.01 Å². The molecule has 1 aliphatic heterocycles. The first-order valence-electron chi connectivity index (χ1n) is 5.25. The van der Waals surface area contributed by atoms with Crippen molar-refractivity contribution >= 4 is 23.4 Å². The number of amides is 2. The maximum atomic E-state index is 12.1. The van der Waals surface area contributed by atoms with Crippen LogP contribution < -0.4 is 5.01 Å². The molecule has 0 radical (unpaired) electrons. The standard InChI is InChI=1S/C10H9ClN4O2/c11-6-1-2-7-8(3-6)10(17)15(9(7)16)14-4-12-13-5-14/h1,4-5,7-8H,2-3H2/t7-,8-/m0/s1. The Bertz CT molecular complexity index is 510. The van der Waals surface area contributed by atoms with Crippen molar-refractivity contribution in [3.63, 3.8) is 0 Å². The third-order valence-corrected chi connectivity index (χ3v) is 3.49. The van der Waals surface area contributed by atoms with Gasteiger partial charge in [0.25, 0.3) is 11.8 Å². The number of hydrogen-bond acceptors (Lipinski definition) is 4. The zero-order valence-corrected chi connectivity index (χ0v) is 9.54. The fourth-order valence-electron chi connectivity index (χ4n) is 2.34. The molecular weight excluding hydrogens is 244 g/mol. The van der Waals surface area contributed by atoms with Crippen molar-refractivity contribution in [2.24, 2.45) is 11.8 Å². The van der Waals surface area contributed by atoms with Gasteiger partial charge in [0.05, 0.1) is 11.8 Å². The molecule has 1 aromatic heterocycles. The van der Waals surface area contributed by atoms with Gasteiger partial charge in [-0.05, 0) is 12.8 Å². The summed E-state index contributed by atoms with van der Waals surface area (Å²) in [6.07, 6.45) is 5.44. The Morgan fingerprint density at radius 3 is 2.53 bits per heavy atom. The van der Waals surface area contributed by atoms with E-state index >= 15 is 0 Å². The summed E-state index contributed by atoms with van der Waals surface area (Å²) in [6, 6.07) is 0. The van der Waals surface area contributed by atoms with Crippen molar-refractivity contribution in [2.45, 2.75) is 12.8 Å². The van der Waals surface area contributed by atoms with Crippen LogP contribution in [0.4, 0.5) is 0 Å². The number of allylic oxidation sites excluding steroid dienone is 2. The molecule has 0 aromatic carbocycles. The Balaban J connectivity index is 1.96. The molecule has 6 nitrogen and oxygen atoms in total. The van der Waals surface area contributed by atoms with Crippen LogP contribution >= 0.6 is 11.6 Å². The maximum Gasteiger partial charge on any atom is 0.253 e. The summed E-state index contributed by atoms with van der Waals surface area (Å²) in [6.45, 7) is 0. The number of carbonyl (C=O) groups excluding carboxylic acids is 2. The zero-order valence-electron chi connectivity index (χ0n) is 8.78. The molecule has 17 heavy (non-hydrogen) atoms. The maximum absolute atomic E-state index is 12.1. The molecule has 88 valence electrons. The SMILES string of the molecule is O=C1[C@H]2CC=C(Cl)C[C@@H]2C(=O)N1n1cnnc1. The first-order valence-corrected chi connectivity index (χ1v) is 5.63. The van der Waals surface area contributed by atoms with Crippen LogP contribution in [0.25, 0.3) is 0 Å². The van der Waals surface area contributed by atoms with Crippen LogP contribution in [0.5, 0.6) is 0 Å². The van der Waals surface area contributed by atoms with Gasteiger partial charge in [0.2, 0.25) is 0 Å². The molecule has 0 bridgehead atoms. The molecular formula is C10H9ClN4O2. The minimum Gasteiger partial charge on any atom is -0.272 e. The average Bonchev–Trinajstić information content (AvgIpc) is 2.88. The second-order valence-corrected chi connectivity index (χ2v) is 4.62. The number of rotatable bonds is 1. The molecule has 7 heteroatoms. The highest BCUT2D eigenvalue weighted by Gasteiger charge is 2.49. The van der Waals surface area contributed by atoms with E-state index in [1.165, 1.54) is 17.3 Å². The molecule has 1 aromatic rings. The number of hydrogen-bond donors (Lipinski definition) is 0. The molecule has 2 amide bonds. The van der Waals surface area contributed by atoms with Gasteiger partial charge in [-0.3, -0.25) is 9.59 Å². The number of nitrogens with zero attached hydrogens (tertiary/aromatic N) is 4. The molecule has 2 heterocycles. The van der Waals surface area contributed by atoms with Crippen LogP contribution in [0.15, 0.2) is 23.8 Å². The van der Waals surface area contributed by atoms with E-state index in [1.807, 2.05) is 6.08 Å². The Labute approximate surface area is 102 Å². The van der Waals surface area contributed by atoms with E-state index in [9.17, 15) is 9.59 Å². The summed E-state index contributed by atoms with van der Waals surface area (Å²) in [7, 11) is 0. The highest BCUT2D eigenvalue weighted by Crippen LogP contribution is 2.38. The Morgan fingerprint density at radius 1 is 1.18 bits per heavy atom. The first kappa shape index (κ1) is 10.5. The average molecular weight is 253 g/mol. The molecule has 0 spiro atoms. The lowest BCUT2D eigenvalue weighted by molar-refractivity contribution is -0.124. The van der Waals surface area contributed by atoms with E-state index in [-0.39, 0.29) is 23.7 Å². The lowest BCUT2D eigenvalue weighted by Gasteiger charge is -2.17. The highest BCUT2D eigenvalue weighted by atomic mass is 35.5. The molecule has 1 saturated heterocycles. The molecule has 1 fully saturated rings. The number of halogens is 1. The van der Waals surface area contributed by atoms with Gasteiger partial charge < -0.3 is 0 Å². The minimum absolute atomic E-state index is 0.208. The minimum atomic E-state index is -0.345. The first-order chi connectivity index (χ1) is 8.18. The van der Waals surface area contributed by atoms with Gasteiger partial charge in [0, 0.05) is 5.03 Å². The van der Waals surface area contributed by atoms with Crippen molar-refractivity contribution in [1.29, 1.82) is 0 Å². The number of carbonyl (C=O) groups is 2. The molecule has 0 saturated carbocycles. The van der Waals surface area contributed by atoms with E-state index < -0.39 is 0 Å². The smallest absolute Gasteiger partial charge is 0.253 e. The lowest BCUT2D eigenvalue weighted by atomic mass is 9.85. The van der Waals surface area contributed by atoms with E-state index in [2.05, 4.69) is 10.2 Å². The monoisotopic (exact) mass is 252 g/mol. The van der Waals surface area contributed by atoms with E-state index in [1.54, 1.807) is 0 Å². The third-order valence-electron chi connectivity index (χ3n) is 3.18. The Kier molecular flexibility index (Phi) is 2.25. The molecule has 3 rings (SSSR count). The quantitative estimate of drug-likeness (QED) is 0.680. The Hall–Kier alpha value is -1.69. The Morgan fingerprint density at radius 2 is 1.82 bits per heavy atom. The van der Waals surface area contributed by atoms with Gasteiger partial charge in [-0.15, -0.1) is 10.2 Å². The third kappa shape index (κ3) is 1.48. The fourth-order valence-corrected chi connectivity index (χ4v) is 2.59. The van der Waals surface area contributed by atoms with Crippen molar-refractivity contribution in [1.82, 2.24) is 14.9 Å². The summed E-state index contributed by atoms with van der Waals surface area (Å²) in [5.74, 6) is -1.08. The zero-order chi connectivity index (χ0) is 12.0. The normalized spacial score (nSPS) is 28.3. The second-order valence-electron chi connectivity index (χ2n) is 4.13. The van der Waals surface area contributed by atoms with Crippen LogP contribution in [0.3, 0.4) is 0 Å². The number of imide groups is 1. The predicted octanol–water partition coefficient (Wildman–Crippen LogP) is 0.432. The van der Waals surface area contributed by atoms with Crippen molar-refractivity contribution < 1.29 is 9.59 Å². The fraction of sp³-hybridized carbons (Fsp3) is 0.400. The van der Waals surface area contributed by atoms with E-state index in [0.717, 1.165) is 5.01 Å². The van der Waals surface area contributed by atoms with Gasteiger partial charge >= 0.3 is 0 Å². The van der Waals surface area contributed by atoms with Gasteiger partial charge in [-0.2, -0.15) is 5.01 Å². The molecule has 1 aliphatic carbocycles. The predicted molar refractivity (Wildman–Crippen MR) is 58.4 cm³/mol. The lowest BCUT2D eigenvalue weighted by Crippen LogP contribution is -2.40. The second kappa shape index (κ2) is 3.66. The van der Waals surface area contributed by atoms with Crippen LogP contribution in [0.2, 0.25) is 0 Å². The topological polar surface area (TPSA) is 68.1 Å². The molecule has 0 N–H and O–H groups in total. The van der Waals surface area contributed by atoms with Gasteiger partial charge in [-0.1, -0.05) is 17.7 Å². The summed E-state index contributed by atoms with van der Waals surface area (Å²) < 4.78 is 1.32. The summed E-state index contributed by atoms with van der Waals surface area (Å²) >= 11 is 5.92. The largest absolute Gasteiger partial charge is 0.272 e. The van der Waals surface area contributed by atoms with Crippen molar-refractivity contribution in [3.8, 4) is 0 Å². The van der Waals surface area contributed by atoms with Gasteiger partial charge in [0.1, 0.15) is 12.7 Å². The van der Waals surface area contributed by atoms with Gasteiger partial charge in [-0.25, -0.2) is 4.68 Å².